The van der Waals surface area contributed by atoms with Gasteiger partial charge in [0.05, 0.1) is 0 Å². The summed E-state index contributed by atoms with van der Waals surface area (Å²) in [5.41, 5.74) is 0. The van der Waals surface area contributed by atoms with E-state index in [0.717, 1.165) is 13.2 Å². The van der Waals surface area contributed by atoms with Crippen LogP contribution in [0.25, 0.3) is 0 Å². The molecule has 8 heavy (non-hydrogen) atoms. The van der Waals surface area contributed by atoms with Crippen molar-refractivity contribution in [2.24, 2.45) is 0 Å². The van der Waals surface area contributed by atoms with Crippen molar-refractivity contribution in [2.75, 3.05) is 13.2 Å². The Labute approximate surface area is 58.9 Å². The molecule has 1 aliphatic heterocycles. The van der Waals surface area contributed by atoms with Crippen LogP contribution in [0.15, 0.2) is 0 Å². The van der Waals surface area contributed by atoms with Crippen molar-refractivity contribution < 1.29 is 9.47 Å². The first-order valence-corrected chi connectivity index (χ1v) is 7.17. The minimum absolute atomic E-state index is 0.0617. The van der Waals surface area contributed by atoms with Gasteiger partial charge in [0, 0.05) is 0 Å². The molecule has 1 radical (unpaired) electrons. The molecule has 0 aliphatic carbocycles. The van der Waals surface area contributed by atoms with Gasteiger partial charge in [-0.15, -0.1) is 0 Å². The fourth-order valence-electron chi connectivity index (χ4n) is 0.609. The molecule has 2 nitrogen and oxygen atoms in total. The van der Waals surface area contributed by atoms with E-state index in [2.05, 4.69) is 8.96 Å². The second-order valence-corrected chi connectivity index (χ2v) is 4.16. The Hall–Kier alpha value is 0.589. The summed E-state index contributed by atoms with van der Waals surface area (Å²) in [6.45, 7) is 1.56. The van der Waals surface area contributed by atoms with Crippen LogP contribution in [0, 0.1) is 0 Å². The topological polar surface area (TPSA) is 18.5 Å². The Morgan fingerprint density at radius 3 is 2.62 bits per heavy atom. The molecule has 45 valence electrons. The van der Waals surface area contributed by atoms with Gasteiger partial charge in [-0.05, 0) is 0 Å². The third kappa shape index (κ3) is 1.84. The van der Waals surface area contributed by atoms with E-state index >= 15 is 0 Å². The molecule has 1 heterocycles. The first-order chi connectivity index (χ1) is 3.93. The summed E-state index contributed by atoms with van der Waals surface area (Å²) < 4.78 is 12.5. The van der Waals surface area contributed by atoms with Crippen molar-refractivity contribution in [3.63, 3.8) is 0 Å². The summed E-state index contributed by atoms with van der Waals surface area (Å²) in [5.74, 6) is 0. The van der Waals surface area contributed by atoms with Crippen LogP contribution in [0.5, 0.6) is 0 Å². The zero-order chi connectivity index (χ0) is 5.82. The van der Waals surface area contributed by atoms with Gasteiger partial charge in [0.2, 0.25) is 0 Å². The molecule has 0 saturated carbocycles. The molecule has 0 aromatic carbocycles. The molecule has 1 fully saturated rings. The van der Waals surface area contributed by atoms with Crippen LogP contribution < -0.4 is 0 Å². The second kappa shape index (κ2) is 3.58. The van der Waals surface area contributed by atoms with Gasteiger partial charge in [-0.25, -0.2) is 0 Å². The normalized spacial score (nSPS) is 23.1. The Morgan fingerprint density at radius 2 is 2.12 bits per heavy atom. The Bertz CT molecular complexity index is 86.4. The van der Waals surface area contributed by atoms with Gasteiger partial charge < -0.3 is 0 Å². The van der Waals surface area contributed by atoms with E-state index in [9.17, 15) is 0 Å². The molecule has 1 saturated heterocycles. The van der Waals surface area contributed by atoms with Crippen molar-refractivity contribution in [1.82, 2.24) is 0 Å². The van der Waals surface area contributed by atoms with Gasteiger partial charge in [0.1, 0.15) is 0 Å². The monoisotopic (exact) mass is 221 g/mol. The standard InChI is InChI=1S/C4H6O2.CH3.Sn/c1-4-5-2-3-6-4;;/h1,4H,2-3H2;1H3;. The average molecular weight is 220 g/mol. The molecular weight excluding hydrogens is 211 g/mol. The number of ether oxygens (including phenoxy) is 2. The van der Waals surface area contributed by atoms with E-state index in [1.807, 2.05) is 0 Å². The van der Waals surface area contributed by atoms with Crippen LogP contribution in [-0.4, -0.2) is 44.2 Å². The van der Waals surface area contributed by atoms with E-state index in [0.29, 0.717) is 0 Å². The van der Waals surface area contributed by atoms with Crippen molar-refractivity contribution in [2.45, 2.75) is 11.2 Å². The molecule has 0 amide bonds. The van der Waals surface area contributed by atoms with E-state index < -0.39 is 0 Å². The fraction of sp³-hybridized carbons (Fsp3) is 0.800. The van der Waals surface area contributed by atoms with Crippen LogP contribution in [0.1, 0.15) is 0 Å². The van der Waals surface area contributed by atoms with Crippen LogP contribution >= 0.6 is 0 Å². The summed E-state index contributed by atoms with van der Waals surface area (Å²) in [5, 5.41) is 0. The summed E-state index contributed by atoms with van der Waals surface area (Å²) >= 11 is -0.216. The van der Waals surface area contributed by atoms with Gasteiger partial charge in [-0.1, -0.05) is 0 Å². The summed E-state index contributed by atoms with van der Waals surface area (Å²) in [6.07, 6.45) is 0.0617. The molecule has 0 N–H and O–H groups in total. The molecule has 1 rings (SSSR count). The van der Waals surface area contributed by atoms with Gasteiger partial charge in [-0.3, -0.25) is 0 Å². The van der Waals surface area contributed by atoms with Crippen molar-refractivity contribution in [1.29, 1.82) is 0 Å². The SMILES string of the molecule is [CH3][Sn]=[CH]C1OCCO1. The predicted molar refractivity (Wildman–Crippen MR) is 33.4 cm³/mol. The Kier molecular flexibility index (Phi) is 3.00. The van der Waals surface area contributed by atoms with Crippen LogP contribution in [0.2, 0.25) is 4.94 Å². The molecule has 0 bridgehead atoms. The summed E-state index contributed by atoms with van der Waals surface area (Å²) in [4.78, 5) is 2.24. The van der Waals surface area contributed by atoms with Crippen molar-refractivity contribution >= 4 is 24.7 Å². The predicted octanol–water partition coefficient (Wildman–Crippen LogP) is -0.0862. The fourth-order valence-corrected chi connectivity index (χ4v) is 1.94. The second-order valence-electron chi connectivity index (χ2n) is 1.57. The number of hydrogen-bond acceptors (Lipinski definition) is 2. The van der Waals surface area contributed by atoms with Gasteiger partial charge >= 0.3 is 58.6 Å². The molecule has 0 aromatic rings. The van der Waals surface area contributed by atoms with E-state index in [-0.39, 0.29) is 27.0 Å². The number of hydrogen-bond donors (Lipinski definition) is 0. The Balaban J connectivity index is 2.24. The van der Waals surface area contributed by atoms with Crippen LogP contribution in [-0.2, 0) is 9.47 Å². The molecule has 0 unspecified atom stereocenters. The van der Waals surface area contributed by atoms with Crippen LogP contribution in [0.4, 0.5) is 0 Å². The quantitative estimate of drug-likeness (QED) is 0.575. The third-order valence-electron chi connectivity index (χ3n) is 0.950. The number of rotatable bonds is 1. The van der Waals surface area contributed by atoms with Gasteiger partial charge in [0.15, 0.2) is 0 Å². The molecule has 0 aromatic heterocycles. The Morgan fingerprint density at radius 1 is 1.50 bits per heavy atom. The first kappa shape index (κ1) is 6.71. The zero-order valence-electron chi connectivity index (χ0n) is 4.89. The molecule has 3 heteroatoms. The molecule has 1 aliphatic rings. The van der Waals surface area contributed by atoms with Crippen LogP contribution in [0.3, 0.4) is 0 Å². The van der Waals surface area contributed by atoms with Gasteiger partial charge in [-0.2, -0.15) is 0 Å². The molecule has 0 spiro atoms. The summed E-state index contributed by atoms with van der Waals surface area (Å²) in [7, 11) is 0. The maximum absolute atomic E-state index is 5.16. The van der Waals surface area contributed by atoms with E-state index in [4.69, 9.17) is 9.47 Å². The maximum atomic E-state index is 5.16. The first-order valence-electron chi connectivity index (χ1n) is 2.67. The van der Waals surface area contributed by atoms with Gasteiger partial charge in [0.25, 0.3) is 0 Å². The van der Waals surface area contributed by atoms with E-state index in [1.54, 1.807) is 0 Å². The summed E-state index contributed by atoms with van der Waals surface area (Å²) in [6, 6.07) is 0. The van der Waals surface area contributed by atoms with Crippen molar-refractivity contribution in [3.05, 3.63) is 0 Å². The third-order valence-corrected chi connectivity index (χ3v) is 2.68. The zero-order valence-corrected chi connectivity index (χ0v) is 7.74. The van der Waals surface area contributed by atoms with E-state index in [1.165, 1.54) is 0 Å². The molecule has 0 atom stereocenters. The molecular formula is C5H9O2Sn. The average Bonchev–Trinajstić information content (AvgIpc) is 2.19. The minimum atomic E-state index is -0.216. The van der Waals surface area contributed by atoms with Crippen molar-refractivity contribution in [3.8, 4) is 0 Å².